The van der Waals surface area contributed by atoms with Gasteiger partial charge in [-0.1, -0.05) is 19.3 Å². The van der Waals surface area contributed by atoms with E-state index in [0.717, 1.165) is 19.3 Å². The van der Waals surface area contributed by atoms with Crippen LogP contribution in [0.5, 0.6) is 0 Å². The third-order valence-corrected chi connectivity index (χ3v) is 4.07. The molecular formula is C13H19N3O2. The zero-order valence-electron chi connectivity index (χ0n) is 10.4. The largest absolute Gasteiger partial charge is 0.373 e. The summed E-state index contributed by atoms with van der Waals surface area (Å²) >= 11 is 0. The Balaban J connectivity index is 1.57. The van der Waals surface area contributed by atoms with Crippen LogP contribution in [0.1, 0.15) is 48.9 Å². The number of ether oxygens (including phenoxy) is 1. The molecule has 1 aliphatic carbocycles. The molecule has 1 spiro atoms. The predicted molar refractivity (Wildman–Crippen MR) is 66.2 cm³/mol. The number of hydrogen-bond acceptors (Lipinski definition) is 3. The highest BCUT2D eigenvalue weighted by Gasteiger charge is 2.41. The Morgan fingerprint density at radius 3 is 3.00 bits per heavy atom. The third kappa shape index (κ3) is 2.27. The van der Waals surface area contributed by atoms with Crippen LogP contribution in [0.4, 0.5) is 0 Å². The molecule has 5 heteroatoms. The molecule has 5 nitrogen and oxygen atoms in total. The zero-order valence-corrected chi connectivity index (χ0v) is 10.4. The number of amides is 1. The van der Waals surface area contributed by atoms with Gasteiger partial charge in [-0.2, -0.15) is 5.10 Å². The predicted octanol–water partition coefficient (Wildman–Crippen LogP) is 1.63. The third-order valence-electron chi connectivity index (χ3n) is 4.07. The first-order chi connectivity index (χ1) is 8.77. The lowest BCUT2D eigenvalue weighted by molar-refractivity contribution is -0.0246. The maximum absolute atomic E-state index is 11.9. The molecule has 1 aromatic rings. The van der Waals surface area contributed by atoms with Crippen molar-refractivity contribution in [2.45, 2.75) is 50.2 Å². The van der Waals surface area contributed by atoms with E-state index in [2.05, 4.69) is 15.5 Å². The van der Waals surface area contributed by atoms with Crippen LogP contribution < -0.4 is 5.32 Å². The highest BCUT2D eigenvalue weighted by atomic mass is 16.5. The summed E-state index contributed by atoms with van der Waals surface area (Å²) in [4.78, 5) is 11.9. The first-order valence-corrected chi connectivity index (χ1v) is 6.71. The molecule has 2 heterocycles. The van der Waals surface area contributed by atoms with E-state index in [1.54, 1.807) is 12.4 Å². The Morgan fingerprint density at radius 2 is 2.28 bits per heavy atom. The van der Waals surface area contributed by atoms with Crippen LogP contribution in [-0.2, 0) is 4.74 Å². The van der Waals surface area contributed by atoms with E-state index in [9.17, 15) is 4.79 Å². The van der Waals surface area contributed by atoms with Gasteiger partial charge in [0.15, 0.2) is 0 Å². The molecule has 1 atom stereocenters. The molecule has 2 fully saturated rings. The zero-order chi connectivity index (χ0) is 12.4. The van der Waals surface area contributed by atoms with Crippen LogP contribution in [0.3, 0.4) is 0 Å². The number of carbonyl (C=O) groups excluding carboxylic acids is 1. The summed E-state index contributed by atoms with van der Waals surface area (Å²) in [6, 6.07) is 0.144. The van der Waals surface area contributed by atoms with Crippen LogP contribution in [0.15, 0.2) is 12.4 Å². The van der Waals surface area contributed by atoms with Crippen molar-refractivity contribution in [2.75, 3.05) is 6.61 Å². The lowest BCUT2D eigenvalue weighted by Gasteiger charge is -2.32. The van der Waals surface area contributed by atoms with Crippen LogP contribution in [-0.4, -0.2) is 34.4 Å². The molecule has 2 N–H and O–H groups in total. The fraction of sp³-hybridized carbons (Fsp3) is 0.692. The van der Waals surface area contributed by atoms with Crippen molar-refractivity contribution in [1.29, 1.82) is 0 Å². The molecule has 1 aliphatic heterocycles. The van der Waals surface area contributed by atoms with Crippen molar-refractivity contribution in [3.63, 3.8) is 0 Å². The standard InChI is InChI=1S/C13H19N3O2/c17-12(10-7-14-15-8-10)16-11-6-13(18-9-11)4-2-1-3-5-13/h7-8,11H,1-6,9H2,(H,14,15)(H,16,17)/t11-/m1/s1. The SMILES string of the molecule is O=C(N[C@H]1COC2(CCCCC2)C1)c1cn[nH]c1. The molecule has 0 unspecified atom stereocenters. The molecule has 98 valence electrons. The van der Waals surface area contributed by atoms with Crippen LogP contribution in [0.25, 0.3) is 0 Å². The van der Waals surface area contributed by atoms with Crippen molar-refractivity contribution in [1.82, 2.24) is 15.5 Å². The Morgan fingerprint density at radius 1 is 1.44 bits per heavy atom. The molecule has 1 saturated heterocycles. The summed E-state index contributed by atoms with van der Waals surface area (Å²) in [7, 11) is 0. The van der Waals surface area contributed by atoms with Gasteiger partial charge in [-0.25, -0.2) is 0 Å². The van der Waals surface area contributed by atoms with E-state index in [4.69, 9.17) is 4.74 Å². The van der Waals surface area contributed by atoms with E-state index < -0.39 is 0 Å². The monoisotopic (exact) mass is 249 g/mol. The highest BCUT2D eigenvalue weighted by molar-refractivity contribution is 5.93. The Hall–Kier alpha value is -1.36. The van der Waals surface area contributed by atoms with Crippen molar-refractivity contribution in [3.05, 3.63) is 18.0 Å². The Labute approximate surface area is 106 Å². The van der Waals surface area contributed by atoms with Crippen LogP contribution in [0, 0.1) is 0 Å². The minimum atomic E-state index is -0.0646. The number of aromatic nitrogens is 2. The van der Waals surface area contributed by atoms with Crippen molar-refractivity contribution in [2.24, 2.45) is 0 Å². The average molecular weight is 249 g/mol. The first kappa shape index (κ1) is 11.7. The van der Waals surface area contributed by atoms with Gasteiger partial charge in [0, 0.05) is 6.20 Å². The lowest BCUT2D eigenvalue weighted by Crippen LogP contribution is -2.37. The van der Waals surface area contributed by atoms with Gasteiger partial charge < -0.3 is 10.1 Å². The summed E-state index contributed by atoms with van der Waals surface area (Å²) in [5, 5.41) is 9.46. The molecule has 2 aliphatic rings. The molecule has 1 amide bonds. The first-order valence-electron chi connectivity index (χ1n) is 6.71. The number of carbonyl (C=O) groups is 1. The minimum Gasteiger partial charge on any atom is -0.373 e. The van der Waals surface area contributed by atoms with E-state index >= 15 is 0 Å². The number of aromatic amines is 1. The Bertz CT molecular complexity index is 410. The summed E-state index contributed by atoms with van der Waals surface area (Å²) in [6.45, 7) is 0.642. The fourth-order valence-corrected chi connectivity index (χ4v) is 3.13. The quantitative estimate of drug-likeness (QED) is 0.837. The van der Waals surface area contributed by atoms with Crippen molar-refractivity contribution >= 4 is 5.91 Å². The molecule has 18 heavy (non-hydrogen) atoms. The van der Waals surface area contributed by atoms with E-state index in [-0.39, 0.29) is 17.6 Å². The van der Waals surface area contributed by atoms with E-state index in [0.29, 0.717) is 12.2 Å². The average Bonchev–Trinajstić information content (AvgIpc) is 3.01. The summed E-state index contributed by atoms with van der Waals surface area (Å²) in [5.74, 6) is -0.0646. The van der Waals surface area contributed by atoms with Gasteiger partial charge in [0.1, 0.15) is 0 Å². The fourth-order valence-electron chi connectivity index (χ4n) is 3.13. The second kappa shape index (κ2) is 4.72. The van der Waals surface area contributed by atoms with Crippen molar-refractivity contribution < 1.29 is 9.53 Å². The van der Waals surface area contributed by atoms with Gasteiger partial charge in [-0.3, -0.25) is 9.89 Å². The van der Waals surface area contributed by atoms with Gasteiger partial charge in [-0.05, 0) is 19.3 Å². The maximum Gasteiger partial charge on any atom is 0.254 e. The van der Waals surface area contributed by atoms with E-state index in [1.165, 1.54) is 19.3 Å². The van der Waals surface area contributed by atoms with Crippen molar-refractivity contribution in [3.8, 4) is 0 Å². The second-order valence-corrected chi connectivity index (χ2v) is 5.42. The van der Waals surface area contributed by atoms with Crippen LogP contribution in [0.2, 0.25) is 0 Å². The van der Waals surface area contributed by atoms with Gasteiger partial charge in [0.2, 0.25) is 0 Å². The summed E-state index contributed by atoms with van der Waals surface area (Å²) in [5.41, 5.74) is 0.631. The molecule has 1 aromatic heterocycles. The number of rotatable bonds is 2. The number of H-pyrrole nitrogens is 1. The topological polar surface area (TPSA) is 67.0 Å². The summed E-state index contributed by atoms with van der Waals surface area (Å²) < 4.78 is 5.97. The molecule has 0 radical (unpaired) electrons. The normalized spacial score (nSPS) is 26.3. The highest BCUT2D eigenvalue weighted by Crippen LogP contribution is 2.39. The van der Waals surface area contributed by atoms with Gasteiger partial charge in [-0.15, -0.1) is 0 Å². The maximum atomic E-state index is 11.9. The van der Waals surface area contributed by atoms with Crippen LogP contribution >= 0.6 is 0 Å². The smallest absolute Gasteiger partial charge is 0.254 e. The van der Waals surface area contributed by atoms with E-state index in [1.807, 2.05) is 0 Å². The molecule has 1 saturated carbocycles. The molecule has 0 aromatic carbocycles. The molecular weight excluding hydrogens is 230 g/mol. The molecule has 0 bridgehead atoms. The Kier molecular flexibility index (Phi) is 3.07. The molecule has 3 rings (SSSR count). The van der Waals surface area contributed by atoms with Gasteiger partial charge in [0.25, 0.3) is 5.91 Å². The number of nitrogens with one attached hydrogen (secondary N) is 2. The number of nitrogens with zero attached hydrogens (tertiary/aromatic N) is 1. The second-order valence-electron chi connectivity index (χ2n) is 5.42. The van der Waals surface area contributed by atoms with Gasteiger partial charge >= 0.3 is 0 Å². The number of hydrogen-bond donors (Lipinski definition) is 2. The lowest BCUT2D eigenvalue weighted by atomic mass is 9.82. The van der Waals surface area contributed by atoms with Gasteiger partial charge in [0.05, 0.1) is 30.0 Å². The minimum absolute atomic E-state index is 0.0482. The summed E-state index contributed by atoms with van der Waals surface area (Å²) in [6.07, 6.45) is 10.2.